The average Bonchev–Trinajstić information content (AvgIpc) is 3.24. The summed E-state index contributed by atoms with van der Waals surface area (Å²) < 4.78 is 32.4. The predicted molar refractivity (Wildman–Crippen MR) is 104 cm³/mol. The molecule has 0 aliphatic carbocycles. The van der Waals surface area contributed by atoms with E-state index in [9.17, 15) is 13.2 Å². The topological polar surface area (TPSA) is 99.5 Å². The second-order valence-electron chi connectivity index (χ2n) is 6.52. The molecule has 8 heteroatoms. The smallest absolute Gasteiger partial charge is 0.265 e. The summed E-state index contributed by atoms with van der Waals surface area (Å²) in [6, 6.07) is 14.7. The summed E-state index contributed by atoms with van der Waals surface area (Å²) in [6.07, 6.45) is 0.923. The molecule has 0 radical (unpaired) electrons. The molecule has 1 aliphatic rings. The van der Waals surface area contributed by atoms with Crippen LogP contribution in [-0.4, -0.2) is 37.8 Å². The Morgan fingerprint density at radius 2 is 1.86 bits per heavy atom. The molecule has 0 saturated carbocycles. The number of anilines is 1. The van der Waals surface area contributed by atoms with Crippen molar-refractivity contribution in [3.05, 3.63) is 54.1 Å². The van der Waals surface area contributed by atoms with Crippen LogP contribution in [0.4, 0.5) is 5.69 Å². The maximum atomic E-state index is 12.7. The first-order chi connectivity index (χ1) is 13.4. The second-order valence-corrected chi connectivity index (χ2v) is 8.46. The molecule has 3 rings (SSSR count). The number of carbonyl (C=O) groups is 1. The van der Waals surface area contributed by atoms with Crippen LogP contribution in [0.2, 0.25) is 0 Å². The summed E-state index contributed by atoms with van der Waals surface area (Å²) in [5, 5.41) is 11.5. The lowest BCUT2D eigenvalue weighted by molar-refractivity contribution is -0.122. The number of nitrogens with one attached hydrogen (secondary N) is 1. The van der Waals surface area contributed by atoms with E-state index in [0.717, 1.165) is 12.8 Å². The SMILES string of the molecule is C[C@@H](Oc1ccc(C#N)cc1)C(=O)Nc1cccc(S(=O)(=O)N2CCCC2)c1. The van der Waals surface area contributed by atoms with E-state index in [1.54, 1.807) is 43.3 Å². The largest absolute Gasteiger partial charge is 0.481 e. The number of carbonyl (C=O) groups excluding carboxylic acids is 1. The minimum absolute atomic E-state index is 0.160. The fraction of sp³-hybridized carbons (Fsp3) is 0.300. The molecule has 7 nitrogen and oxygen atoms in total. The lowest BCUT2D eigenvalue weighted by atomic mass is 10.2. The van der Waals surface area contributed by atoms with Crippen LogP contribution in [0.25, 0.3) is 0 Å². The summed E-state index contributed by atoms with van der Waals surface area (Å²) >= 11 is 0. The van der Waals surface area contributed by atoms with Crippen LogP contribution < -0.4 is 10.1 Å². The third kappa shape index (κ3) is 4.50. The summed E-state index contributed by atoms with van der Waals surface area (Å²) in [6.45, 7) is 2.64. The van der Waals surface area contributed by atoms with Gasteiger partial charge >= 0.3 is 0 Å². The number of rotatable bonds is 6. The van der Waals surface area contributed by atoms with Gasteiger partial charge in [-0.1, -0.05) is 6.07 Å². The van der Waals surface area contributed by atoms with Gasteiger partial charge < -0.3 is 10.1 Å². The van der Waals surface area contributed by atoms with Gasteiger partial charge in [0.2, 0.25) is 10.0 Å². The van der Waals surface area contributed by atoms with Gasteiger partial charge in [0.05, 0.1) is 16.5 Å². The molecule has 146 valence electrons. The van der Waals surface area contributed by atoms with E-state index in [2.05, 4.69) is 5.32 Å². The number of amides is 1. The van der Waals surface area contributed by atoms with Gasteiger partial charge in [-0.15, -0.1) is 0 Å². The lowest BCUT2D eigenvalue weighted by Crippen LogP contribution is -2.30. The second kappa shape index (κ2) is 8.42. The number of hydrogen-bond acceptors (Lipinski definition) is 5. The third-order valence-corrected chi connectivity index (χ3v) is 6.36. The Kier molecular flexibility index (Phi) is 5.97. The summed E-state index contributed by atoms with van der Waals surface area (Å²) in [5.74, 6) is 0.0621. The predicted octanol–water partition coefficient (Wildman–Crippen LogP) is 2.75. The molecule has 2 aromatic carbocycles. The first kappa shape index (κ1) is 19.9. The van der Waals surface area contributed by atoms with Gasteiger partial charge in [-0.2, -0.15) is 9.57 Å². The zero-order valence-corrected chi connectivity index (χ0v) is 16.3. The molecule has 1 aliphatic heterocycles. The van der Waals surface area contributed by atoms with E-state index < -0.39 is 22.0 Å². The molecular weight excluding hydrogens is 378 g/mol. The van der Waals surface area contributed by atoms with Crippen LogP contribution in [0, 0.1) is 11.3 Å². The third-order valence-electron chi connectivity index (χ3n) is 4.47. The lowest BCUT2D eigenvalue weighted by Gasteiger charge is -2.17. The van der Waals surface area contributed by atoms with Crippen molar-refractivity contribution in [2.24, 2.45) is 0 Å². The Labute approximate surface area is 164 Å². The van der Waals surface area contributed by atoms with Gasteiger partial charge in [-0.05, 0) is 62.2 Å². The van der Waals surface area contributed by atoms with E-state index in [1.807, 2.05) is 6.07 Å². The van der Waals surface area contributed by atoms with Crippen LogP contribution in [0.1, 0.15) is 25.3 Å². The highest BCUT2D eigenvalue weighted by molar-refractivity contribution is 7.89. The minimum Gasteiger partial charge on any atom is -0.481 e. The van der Waals surface area contributed by atoms with E-state index in [4.69, 9.17) is 10.00 Å². The van der Waals surface area contributed by atoms with Crippen LogP contribution in [0.5, 0.6) is 5.75 Å². The summed E-state index contributed by atoms with van der Waals surface area (Å²) in [4.78, 5) is 12.6. The fourth-order valence-corrected chi connectivity index (χ4v) is 4.48. The van der Waals surface area contributed by atoms with Crippen molar-refractivity contribution >= 4 is 21.6 Å². The van der Waals surface area contributed by atoms with Crippen molar-refractivity contribution in [3.63, 3.8) is 0 Å². The molecule has 1 fully saturated rings. The normalized spacial score (nSPS) is 15.6. The molecule has 1 saturated heterocycles. The molecule has 28 heavy (non-hydrogen) atoms. The zero-order valence-electron chi connectivity index (χ0n) is 15.5. The molecule has 0 aromatic heterocycles. The van der Waals surface area contributed by atoms with E-state index in [-0.39, 0.29) is 4.90 Å². The number of benzene rings is 2. The number of sulfonamides is 1. The van der Waals surface area contributed by atoms with Crippen molar-refractivity contribution in [1.82, 2.24) is 4.31 Å². The van der Waals surface area contributed by atoms with Gasteiger partial charge in [0.25, 0.3) is 5.91 Å². The Balaban J connectivity index is 1.67. The van der Waals surface area contributed by atoms with E-state index in [0.29, 0.717) is 30.1 Å². The minimum atomic E-state index is -3.55. The van der Waals surface area contributed by atoms with Crippen molar-refractivity contribution in [3.8, 4) is 11.8 Å². The molecule has 1 amide bonds. The van der Waals surface area contributed by atoms with Crippen molar-refractivity contribution in [2.75, 3.05) is 18.4 Å². The molecular formula is C20H21N3O4S. The maximum absolute atomic E-state index is 12.7. The molecule has 0 bridgehead atoms. The van der Waals surface area contributed by atoms with Gasteiger partial charge in [0, 0.05) is 18.8 Å². The molecule has 1 heterocycles. The van der Waals surface area contributed by atoms with E-state index in [1.165, 1.54) is 16.4 Å². The average molecular weight is 399 g/mol. The Bertz CT molecular complexity index is 991. The fourth-order valence-electron chi connectivity index (χ4n) is 2.92. The molecule has 1 atom stereocenters. The maximum Gasteiger partial charge on any atom is 0.265 e. The molecule has 1 N–H and O–H groups in total. The Morgan fingerprint density at radius 1 is 1.18 bits per heavy atom. The zero-order chi connectivity index (χ0) is 20.1. The number of nitriles is 1. The van der Waals surface area contributed by atoms with Gasteiger partial charge in [0.1, 0.15) is 5.75 Å². The van der Waals surface area contributed by atoms with Crippen LogP contribution >= 0.6 is 0 Å². The highest BCUT2D eigenvalue weighted by Crippen LogP contribution is 2.23. The molecule has 2 aromatic rings. The van der Waals surface area contributed by atoms with Gasteiger partial charge in [-0.3, -0.25) is 4.79 Å². The summed E-state index contributed by atoms with van der Waals surface area (Å²) in [7, 11) is -3.55. The number of hydrogen-bond donors (Lipinski definition) is 1. The summed E-state index contributed by atoms with van der Waals surface area (Å²) in [5.41, 5.74) is 0.890. The van der Waals surface area contributed by atoms with Gasteiger partial charge in [0.15, 0.2) is 6.10 Å². The Morgan fingerprint density at radius 3 is 2.50 bits per heavy atom. The first-order valence-corrected chi connectivity index (χ1v) is 10.4. The highest BCUT2D eigenvalue weighted by Gasteiger charge is 2.27. The van der Waals surface area contributed by atoms with Crippen LogP contribution in [0.3, 0.4) is 0 Å². The van der Waals surface area contributed by atoms with Crippen molar-refractivity contribution in [2.45, 2.75) is 30.8 Å². The first-order valence-electron chi connectivity index (χ1n) is 8.98. The molecule has 0 spiro atoms. The number of ether oxygens (including phenoxy) is 1. The van der Waals surface area contributed by atoms with Gasteiger partial charge in [-0.25, -0.2) is 8.42 Å². The Hall–Kier alpha value is -2.89. The highest BCUT2D eigenvalue weighted by atomic mass is 32.2. The molecule has 0 unspecified atom stereocenters. The quantitative estimate of drug-likeness (QED) is 0.805. The van der Waals surface area contributed by atoms with E-state index >= 15 is 0 Å². The standard InChI is InChI=1S/C20H21N3O4S/c1-15(27-18-9-7-16(14-21)8-10-18)20(24)22-17-5-4-6-19(13-17)28(25,26)23-11-2-3-12-23/h4-10,13,15H,2-3,11-12H2,1H3,(H,22,24)/t15-/m1/s1. The monoisotopic (exact) mass is 399 g/mol. The van der Waals surface area contributed by atoms with Crippen molar-refractivity contribution < 1.29 is 17.9 Å². The van der Waals surface area contributed by atoms with Crippen molar-refractivity contribution in [1.29, 1.82) is 5.26 Å². The van der Waals surface area contributed by atoms with Crippen LogP contribution in [-0.2, 0) is 14.8 Å². The van der Waals surface area contributed by atoms with Crippen LogP contribution in [0.15, 0.2) is 53.4 Å². The number of nitrogens with zero attached hydrogens (tertiary/aromatic N) is 2.